The van der Waals surface area contributed by atoms with E-state index in [0.29, 0.717) is 0 Å². The van der Waals surface area contributed by atoms with E-state index in [-0.39, 0.29) is 5.91 Å². The van der Waals surface area contributed by atoms with Gasteiger partial charge in [0.15, 0.2) is 0 Å². The number of amides is 1. The summed E-state index contributed by atoms with van der Waals surface area (Å²) in [7, 11) is 2.17. The maximum absolute atomic E-state index is 13.4. The van der Waals surface area contributed by atoms with Gasteiger partial charge in [-0.3, -0.25) is 9.69 Å². The Balaban J connectivity index is 1.48. The van der Waals surface area contributed by atoms with Gasteiger partial charge in [0, 0.05) is 50.0 Å². The van der Waals surface area contributed by atoms with Crippen molar-refractivity contribution in [2.75, 3.05) is 33.2 Å². The zero-order chi connectivity index (χ0) is 22.9. The van der Waals surface area contributed by atoms with Gasteiger partial charge in [0.25, 0.3) is 5.91 Å². The van der Waals surface area contributed by atoms with E-state index in [2.05, 4.69) is 51.5 Å². The number of pyridine rings is 1. The van der Waals surface area contributed by atoms with E-state index < -0.39 is 0 Å². The van der Waals surface area contributed by atoms with Crippen LogP contribution in [0, 0.1) is 6.92 Å². The third-order valence-corrected chi connectivity index (χ3v) is 6.57. The highest BCUT2D eigenvalue weighted by molar-refractivity contribution is 6.00. The van der Waals surface area contributed by atoms with Gasteiger partial charge < -0.3 is 14.2 Å². The largest absolute Gasteiger partial charge is 0.369 e. The third-order valence-electron chi connectivity index (χ3n) is 6.57. The summed E-state index contributed by atoms with van der Waals surface area (Å²) in [6.45, 7) is 8.26. The Labute approximate surface area is 195 Å². The molecule has 0 spiro atoms. The first kappa shape index (κ1) is 21.5. The van der Waals surface area contributed by atoms with Crippen LogP contribution < -0.4 is 0 Å². The second-order valence-corrected chi connectivity index (χ2v) is 9.01. The summed E-state index contributed by atoms with van der Waals surface area (Å²) in [5, 5.41) is 0. The molecule has 0 aliphatic carbocycles. The van der Waals surface area contributed by atoms with Crippen LogP contribution in [-0.4, -0.2) is 63.2 Å². The van der Waals surface area contributed by atoms with E-state index in [1.807, 2.05) is 43.6 Å². The standard InChI is InChI=1S/C27H31N5O/c1-4-21-15-23(18-31-17-20(2)28-27(21)31)22-7-5-8-24-9-10-25(19-32(24)26(33)16-22)30-12-6-11-29(3)13-14-30/h5,7-10,15-19H,4,6,11-14H2,1-3H3/b7-5+,22-16+,24-8+. The highest BCUT2D eigenvalue weighted by Gasteiger charge is 2.22. The van der Waals surface area contributed by atoms with Gasteiger partial charge in [-0.25, -0.2) is 4.98 Å². The minimum Gasteiger partial charge on any atom is -0.369 e. The normalized spacial score (nSPS) is 23.7. The molecule has 33 heavy (non-hydrogen) atoms. The predicted octanol–water partition coefficient (Wildman–Crippen LogP) is 3.92. The highest BCUT2D eigenvalue weighted by atomic mass is 16.2. The van der Waals surface area contributed by atoms with Crippen molar-refractivity contribution in [3.8, 4) is 0 Å². The molecule has 0 aromatic carbocycles. The van der Waals surface area contributed by atoms with Crippen LogP contribution in [0.1, 0.15) is 30.2 Å². The number of hydrogen-bond donors (Lipinski definition) is 0. The smallest absolute Gasteiger partial charge is 0.255 e. The minimum atomic E-state index is -0.0330. The molecule has 5 heterocycles. The first-order chi connectivity index (χ1) is 16.0. The molecule has 2 aromatic rings. The quantitative estimate of drug-likeness (QED) is 0.724. The molecule has 0 bridgehead atoms. The number of rotatable bonds is 3. The van der Waals surface area contributed by atoms with Gasteiger partial charge in [0.2, 0.25) is 0 Å². The summed E-state index contributed by atoms with van der Waals surface area (Å²) in [4.78, 5) is 24.6. The van der Waals surface area contributed by atoms with Crippen molar-refractivity contribution < 1.29 is 4.79 Å². The second kappa shape index (κ2) is 8.87. The summed E-state index contributed by atoms with van der Waals surface area (Å²) in [5.74, 6) is -0.0330. The molecule has 0 saturated carbocycles. The van der Waals surface area contributed by atoms with Crippen LogP contribution in [0.15, 0.2) is 72.5 Å². The van der Waals surface area contributed by atoms with Crippen LogP contribution >= 0.6 is 0 Å². The van der Waals surface area contributed by atoms with E-state index in [0.717, 1.165) is 72.9 Å². The number of aryl methyl sites for hydroxylation is 2. The molecule has 0 radical (unpaired) electrons. The first-order valence-corrected chi connectivity index (χ1v) is 11.8. The van der Waals surface area contributed by atoms with Crippen LogP contribution in [0.3, 0.4) is 0 Å². The lowest BCUT2D eigenvalue weighted by Crippen LogP contribution is -2.32. The maximum atomic E-state index is 13.4. The molecule has 2 aromatic heterocycles. The molecule has 1 amide bonds. The summed E-state index contributed by atoms with van der Waals surface area (Å²) >= 11 is 0. The van der Waals surface area contributed by atoms with Crippen LogP contribution in [0.25, 0.3) is 11.2 Å². The first-order valence-electron chi connectivity index (χ1n) is 11.8. The Morgan fingerprint density at radius 1 is 1.03 bits per heavy atom. The lowest BCUT2D eigenvalue weighted by Gasteiger charge is -2.30. The molecule has 5 rings (SSSR count). The summed E-state index contributed by atoms with van der Waals surface area (Å²) in [6.07, 6.45) is 20.1. The molecule has 0 N–H and O–H groups in total. The zero-order valence-corrected chi connectivity index (χ0v) is 19.7. The minimum absolute atomic E-state index is 0.0330. The highest BCUT2D eigenvalue weighted by Crippen LogP contribution is 2.27. The fourth-order valence-corrected chi connectivity index (χ4v) is 4.71. The number of allylic oxidation sites excluding steroid dienone is 6. The summed E-state index contributed by atoms with van der Waals surface area (Å²) in [5.41, 5.74) is 7.06. The van der Waals surface area contributed by atoms with Gasteiger partial charge in [-0.05, 0) is 74.4 Å². The van der Waals surface area contributed by atoms with Crippen molar-refractivity contribution in [3.05, 3.63) is 89.3 Å². The predicted molar refractivity (Wildman–Crippen MR) is 132 cm³/mol. The van der Waals surface area contributed by atoms with Crippen molar-refractivity contribution in [1.29, 1.82) is 0 Å². The van der Waals surface area contributed by atoms with Crippen molar-refractivity contribution in [1.82, 2.24) is 24.1 Å². The lowest BCUT2D eigenvalue weighted by atomic mass is 10.0. The summed E-state index contributed by atoms with van der Waals surface area (Å²) in [6, 6.07) is 2.16. The second-order valence-electron chi connectivity index (χ2n) is 9.01. The van der Waals surface area contributed by atoms with Gasteiger partial charge in [-0.2, -0.15) is 0 Å². The third kappa shape index (κ3) is 4.31. The Hall–Kier alpha value is -3.38. The fourth-order valence-electron chi connectivity index (χ4n) is 4.71. The Morgan fingerprint density at radius 3 is 2.73 bits per heavy atom. The number of carbonyl (C=O) groups excluding carboxylic acids is 1. The molecular weight excluding hydrogens is 410 g/mol. The van der Waals surface area contributed by atoms with Gasteiger partial charge in [0.05, 0.1) is 11.4 Å². The fraction of sp³-hybridized carbons (Fsp3) is 0.333. The van der Waals surface area contributed by atoms with Crippen LogP contribution in [-0.2, 0) is 11.2 Å². The van der Waals surface area contributed by atoms with Crippen molar-refractivity contribution in [3.63, 3.8) is 0 Å². The molecular formula is C27H31N5O. The molecule has 0 atom stereocenters. The van der Waals surface area contributed by atoms with Gasteiger partial charge in [-0.15, -0.1) is 0 Å². The average molecular weight is 442 g/mol. The van der Waals surface area contributed by atoms with E-state index in [1.54, 1.807) is 11.0 Å². The number of nitrogens with zero attached hydrogens (tertiary/aromatic N) is 5. The lowest BCUT2D eigenvalue weighted by molar-refractivity contribution is -0.122. The molecule has 6 heteroatoms. The van der Waals surface area contributed by atoms with Crippen molar-refractivity contribution >= 4 is 17.1 Å². The Morgan fingerprint density at radius 2 is 1.88 bits per heavy atom. The topological polar surface area (TPSA) is 44.1 Å². The number of fused-ring (bicyclic) bond motifs is 2. The van der Waals surface area contributed by atoms with E-state index in [1.165, 1.54) is 5.56 Å². The molecule has 1 saturated heterocycles. The zero-order valence-electron chi connectivity index (χ0n) is 19.7. The van der Waals surface area contributed by atoms with Gasteiger partial charge in [-0.1, -0.05) is 19.1 Å². The van der Waals surface area contributed by atoms with E-state index >= 15 is 0 Å². The molecule has 0 unspecified atom stereocenters. The number of aromatic nitrogens is 2. The maximum Gasteiger partial charge on any atom is 0.255 e. The van der Waals surface area contributed by atoms with Crippen molar-refractivity contribution in [2.45, 2.75) is 26.7 Å². The van der Waals surface area contributed by atoms with Crippen LogP contribution in [0.5, 0.6) is 0 Å². The Bertz CT molecular complexity index is 1240. The SMILES string of the molecule is CCc1cc(C2=C\C(=O)N3C=C(N4CCCN(C)CC4)C=C\C3=C/C=C/2)cn2cc(C)nc12. The molecule has 6 nitrogen and oxygen atoms in total. The molecule has 1 fully saturated rings. The monoisotopic (exact) mass is 441 g/mol. The van der Waals surface area contributed by atoms with E-state index in [4.69, 9.17) is 0 Å². The number of imidazole rings is 1. The average Bonchev–Trinajstić information content (AvgIpc) is 3.04. The van der Waals surface area contributed by atoms with Gasteiger partial charge >= 0.3 is 0 Å². The number of likely N-dealkylation sites (N-methyl/N-ethyl adjacent to an activating group) is 1. The number of hydrogen-bond acceptors (Lipinski definition) is 4. The van der Waals surface area contributed by atoms with Crippen LogP contribution in [0.2, 0.25) is 0 Å². The number of carbonyl (C=O) groups is 1. The van der Waals surface area contributed by atoms with Crippen molar-refractivity contribution in [2.24, 2.45) is 0 Å². The van der Waals surface area contributed by atoms with E-state index in [9.17, 15) is 4.79 Å². The van der Waals surface area contributed by atoms with Gasteiger partial charge in [0.1, 0.15) is 5.65 Å². The molecule has 3 aliphatic rings. The molecule has 170 valence electrons. The summed E-state index contributed by atoms with van der Waals surface area (Å²) < 4.78 is 2.07. The molecule has 3 aliphatic heterocycles. The van der Waals surface area contributed by atoms with Crippen LogP contribution in [0.4, 0.5) is 0 Å². The Kier molecular flexibility index (Phi) is 5.77.